The van der Waals surface area contributed by atoms with Gasteiger partial charge in [0.15, 0.2) is 0 Å². The zero-order valence-electron chi connectivity index (χ0n) is 11.5. The van der Waals surface area contributed by atoms with Gasteiger partial charge in [-0.1, -0.05) is 6.07 Å². The fourth-order valence-electron chi connectivity index (χ4n) is 2.46. The Kier molecular flexibility index (Phi) is 3.18. The fraction of sp³-hybridized carbons (Fsp3) is 0. The van der Waals surface area contributed by atoms with E-state index >= 15 is 0 Å². The van der Waals surface area contributed by atoms with E-state index in [-0.39, 0.29) is 33.7 Å². The average Bonchev–Trinajstić information content (AvgIpc) is 2.53. The zero-order valence-corrected chi connectivity index (χ0v) is 11.5. The number of phenolic OH excluding ortho intramolecular Hbond substituents is 1. The number of allylic oxidation sites excluding steroid dienone is 1. The van der Waals surface area contributed by atoms with E-state index < -0.39 is 22.2 Å². The third-order valence-electron chi connectivity index (χ3n) is 3.56. The summed E-state index contributed by atoms with van der Waals surface area (Å²) in [5.74, 6) is -2.66. The molecule has 0 saturated carbocycles. The molecule has 0 spiro atoms. The lowest BCUT2D eigenvalue weighted by Gasteiger charge is -2.18. The molecule has 0 atom stereocenters. The van der Waals surface area contributed by atoms with Crippen molar-refractivity contribution in [3.63, 3.8) is 0 Å². The summed E-state index contributed by atoms with van der Waals surface area (Å²) in [6.07, 6.45) is 0. The fourth-order valence-corrected chi connectivity index (χ4v) is 2.46. The number of nitrogens with zero attached hydrogens (tertiary/aromatic N) is 1. The number of aliphatic hydroxyl groups is 1. The summed E-state index contributed by atoms with van der Waals surface area (Å²) in [7, 11) is 0. The maximum Gasteiger partial charge on any atom is 0.269 e. The van der Waals surface area contributed by atoms with Gasteiger partial charge in [-0.25, -0.2) is 0 Å². The van der Waals surface area contributed by atoms with Gasteiger partial charge in [0.1, 0.15) is 11.5 Å². The van der Waals surface area contributed by atoms with Crippen LogP contribution in [0, 0.1) is 10.1 Å². The number of rotatable bonds is 2. The van der Waals surface area contributed by atoms with Crippen molar-refractivity contribution in [2.45, 2.75) is 0 Å². The Morgan fingerprint density at radius 3 is 2.17 bits per heavy atom. The normalized spacial score (nSPS) is 13.9. The molecule has 2 N–H and O–H groups in total. The first kappa shape index (κ1) is 14.5. The number of phenols is 1. The highest BCUT2D eigenvalue weighted by Crippen LogP contribution is 2.38. The van der Waals surface area contributed by atoms with Crippen LogP contribution >= 0.6 is 0 Å². The predicted molar refractivity (Wildman–Crippen MR) is 80.0 cm³/mol. The number of hydrogen-bond donors (Lipinski definition) is 2. The van der Waals surface area contributed by atoms with Crippen LogP contribution in [0.4, 0.5) is 5.69 Å². The summed E-state index contributed by atoms with van der Waals surface area (Å²) < 4.78 is 0. The molecule has 2 aromatic rings. The summed E-state index contributed by atoms with van der Waals surface area (Å²) in [6.45, 7) is 0. The van der Waals surface area contributed by atoms with Crippen molar-refractivity contribution < 1.29 is 24.7 Å². The molecule has 23 heavy (non-hydrogen) atoms. The molecule has 1 aliphatic rings. The van der Waals surface area contributed by atoms with Gasteiger partial charge in [0, 0.05) is 17.7 Å². The van der Waals surface area contributed by atoms with Crippen molar-refractivity contribution in [3.05, 3.63) is 69.3 Å². The maximum atomic E-state index is 12.2. The molecule has 7 nitrogen and oxygen atoms in total. The van der Waals surface area contributed by atoms with Crippen LogP contribution in [0.15, 0.2) is 42.5 Å². The molecular formula is C16H9NO6. The minimum Gasteiger partial charge on any atom is -0.507 e. The molecule has 3 rings (SSSR count). The molecule has 0 heterocycles. The number of non-ortho nitro benzene ring substituents is 1. The first-order chi connectivity index (χ1) is 10.9. The smallest absolute Gasteiger partial charge is 0.269 e. The van der Waals surface area contributed by atoms with Gasteiger partial charge in [0.05, 0.1) is 16.1 Å². The number of hydrogen-bond acceptors (Lipinski definition) is 6. The summed E-state index contributed by atoms with van der Waals surface area (Å²) >= 11 is 0. The van der Waals surface area contributed by atoms with Crippen LogP contribution in [0.25, 0.3) is 11.3 Å². The molecule has 0 fully saturated rings. The predicted octanol–water partition coefficient (Wildman–Crippen LogP) is 2.49. The van der Waals surface area contributed by atoms with E-state index in [4.69, 9.17) is 0 Å². The van der Waals surface area contributed by atoms with Crippen LogP contribution in [0.5, 0.6) is 5.75 Å². The molecule has 114 valence electrons. The quantitative estimate of drug-likeness (QED) is 0.500. The van der Waals surface area contributed by atoms with E-state index in [1.165, 1.54) is 30.3 Å². The molecule has 1 aliphatic carbocycles. The molecule has 0 bridgehead atoms. The number of fused-ring (bicyclic) bond motifs is 1. The maximum absolute atomic E-state index is 12.2. The number of carbonyl (C=O) groups is 2. The first-order valence-corrected chi connectivity index (χ1v) is 6.51. The van der Waals surface area contributed by atoms with E-state index in [9.17, 15) is 29.9 Å². The van der Waals surface area contributed by atoms with E-state index in [0.717, 1.165) is 12.1 Å². The third-order valence-corrected chi connectivity index (χ3v) is 3.56. The lowest BCUT2D eigenvalue weighted by molar-refractivity contribution is -0.384. The van der Waals surface area contributed by atoms with Crippen molar-refractivity contribution in [1.29, 1.82) is 0 Å². The van der Waals surface area contributed by atoms with Gasteiger partial charge < -0.3 is 10.2 Å². The van der Waals surface area contributed by atoms with Crippen molar-refractivity contribution in [2.24, 2.45) is 0 Å². The number of carbonyl (C=O) groups excluding carboxylic acids is 2. The van der Waals surface area contributed by atoms with Crippen molar-refractivity contribution in [3.8, 4) is 5.75 Å². The SMILES string of the molecule is O=C1C(=O)c2cccc(O)c2C(O)=C1c1ccc([N+](=O)[O-])cc1. The van der Waals surface area contributed by atoms with Crippen LogP contribution in [-0.2, 0) is 4.79 Å². The van der Waals surface area contributed by atoms with Crippen LogP contribution in [-0.4, -0.2) is 26.7 Å². The second-order valence-corrected chi connectivity index (χ2v) is 4.89. The van der Waals surface area contributed by atoms with Gasteiger partial charge in [-0.2, -0.15) is 0 Å². The number of aromatic hydroxyl groups is 1. The van der Waals surface area contributed by atoms with Crippen molar-refractivity contribution >= 4 is 28.6 Å². The third kappa shape index (κ3) is 2.15. The number of aliphatic hydroxyl groups excluding tert-OH is 1. The molecule has 0 aromatic heterocycles. The van der Waals surface area contributed by atoms with Gasteiger partial charge in [-0.3, -0.25) is 19.7 Å². The van der Waals surface area contributed by atoms with Gasteiger partial charge in [0.25, 0.3) is 5.69 Å². The van der Waals surface area contributed by atoms with Crippen molar-refractivity contribution in [2.75, 3.05) is 0 Å². The molecule has 0 unspecified atom stereocenters. The summed E-state index contributed by atoms with van der Waals surface area (Å²) in [5.41, 5.74) is -0.533. The van der Waals surface area contributed by atoms with Gasteiger partial charge in [0.2, 0.25) is 11.6 Å². The molecule has 0 aliphatic heterocycles. The van der Waals surface area contributed by atoms with Crippen LogP contribution in [0.1, 0.15) is 21.5 Å². The summed E-state index contributed by atoms with van der Waals surface area (Å²) in [5, 5.41) is 30.9. The minimum absolute atomic E-state index is 0.0850. The van der Waals surface area contributed by atoms with E-state index in [1.807, 2.05) is 0 Å². The number of benzene rings is 2. The van der Waals surface area contributed by atoms with E-state index in [0.29, 0.717) is 0 Å². The van der Waals surface area contributed by atoms with Crippen LogP contribution in [0.2, 0.25) is 0 Å². The molecule has 0 saturated heterocycles. The minimum atomic E-state index is -0.936. The average molecular weight is 311 g/mol. The van der Waals surface area contributed by atoms with E-state index in [2.05, 4.69) is 0 Å². The van der Waals surface area contributed by atoms with Crippen LogP contribution < -0.4 is 0 Å². The molecular weight excluding hydrogens is 302 g/mol. The lowest BCUT2D eigenvalue weighted by Crippen LogP contribution is -2.23. The summed E-state index contributed by atoms with van der Waals surface area (Å²) in [6, 6.07) is 8.86. The van der Waals surface area contributed by atoms with E-state index in [1.54, 1.807) is 0 Å². The standard InChI is InChI=1S/C16H9NO6/c18-11-3-1-2-10-13(11)15(20)12(16(21)14(10)19)8-4-6-9(7-5-8)17(22)23/h1-7,18,20H. The number of ketones is 2. The Labute approximate surface area is 129 Å². The Bertz CT molecular complexity index is 895. The topological polar surface area (TPSA) is 118 Å². The Morgan fingerprint density at radius 1 is 0.913 bits per heavy atom. The second kappa shape index (κ2) is 5.06. The molecule has 0 radical (unpaired) electrons. The number of nitro groups is 1. The van der Waals surface area contributed by atoms with Crippen molar-refractivity contribution in [1.82, 2.24) is 0 Å². The number of Topliss-reactive ketones (excluding diaryl/α,β-unsaturated/α-hetero) is 2. The molecule has 7 heteroatoms. The first-order valence-electron chi connectivity index (χ1n) is 6.51. The monoisotopic (exact) mass is 311 g/mol. The Hall–Kier alpha value is -3.48. The highest BCUT2D eigenvalue weighted by atomic mass is 16.6. The Morgan fingerprint density at radius 2 is 1.57 bits per heavy atom. The lowest BCUT2D eigenvalue weighted by atomic mass is 9.85. The molecule has 0 amide bonds. The van der Waals surface area contributed by atoms with Gasteiger partial charge in [-0.05, 0) is 29.8 Å². The highest BCUT2D eigenvalue weighted by molar-refractivity contribution is 6.62. The Balaban J connectivity index is 2.23. The van der Waals surface area contributed by atoms with Gasteiger partial charge >= 0.3 is 0 Å². The molecule has 2 aromatic carbocycles. The van der Waals surface area contributed by atoms with Gasteiger partial charge in [-0.15, -0.1) is 0 Å². The summed E-state index contributed by atoms with van der Waals surface area (Å²) in [4.78, 5) is 34.5. The largest absolute Gasteiger partial charge is 0.507 e. The zero-order chi connectivity index (χ0) is 16.7. The number of nitro benzene ring substituents is 1. The van der Waals surface area contributed by atoms with Crippen LogP contribution in [0.3, 0.4) is 0 Å². The second-order valence-electron chi connectivity index (χ2n) is 4.89. The highest BCUT2D eigenvalue weighted by Gasteiger charge is 2.35.